The van der Waals surface area contributed by atoms with E-state index in [1.54, 1.807) is 0 Å². The Hall–Kier alpha value is -1.59. The van der Waals surface area contributed by atoms with E-state index in [0.29, 0.717) is 5.92 Å². The highest BCUT2D eigenvalue weighted by Gasteiger charge is 2.23. The molecule has 2 fully saturated rings. The van der Waals surface area contributed by atoms with E-state index in [9.17, 15) is 4.79 Å². The van der Waals surface area contributed by atoms with Crippen molar-refractivity contribution in [2.45, 2.75) is 26.3 Å². The molecule has 25 heavy (non-hydrogen) atoms. The van der Waals surface area contributed by atoms with Gasteiger partial charge in [-0.2, -0.15) is 0 Å². The molecule has 2 aliphatic rings. The first-order valence-electron chi connectivity index (χ1n) is 9.76. The number of hydrogen-bond donors (Lipinski definition) is 1. The van der Waals surface area contributed by atoms with Crippen molar-refractivity contribution in [1.29, 1.82) is 0 Å². The molecule has 3 rings (SSSR count). The molecule has 2 aliphatic heterocycles. The summed E-state index contributed by atoms with van der Waals surface area (Å²) in [5.41, 5.74) is 1.39. The van der Waals surface area contributed by atoms with Crippen molar-refractivity contribution in [2.75, 3.05) is 52.4 Å². The third-order valence-electron chi connectivity index (χ3n) is 5.60. The number of rotatable bonds is 5. The summed E-state index contributed by atoms with van der Waals surface area (Å²) in [6.07, 6.45) is 2.35. The van der Waals surface area contributed by atoms with Gasteiger partial charge in [-0.25, -0.2) is 4.79 Å². The molecule has 0 aromatic heterocycles. The number of carbonyl (C=O) groups is 1. The van der Waals surface area contributed by atoms with Crippen molar-refractivity contribution in [3.8, 4) is 0 Å². The predicted molar refractivity (Wildman–Crippen MR) is 102 cm³/mol. The number of piperazine rings is 1. The Morgan fingerprint density at radius 1 is 1.00 bits per heavy atom. The Bertz CT molecular complexity index is 520. The predicted octanol–water partition coefficient (Wildman–Crippen LogP) is 2.25. The van der Waals surface area contributed by atoms with E-state index in [-0.39, 0.29) is 6.03 Å². The van der Waals surface area contributed by atoms with Gasteiger partial charge in [0, 0.05) is 39.3 Å². The summed E-state index contributed by atoms with van der Waals surface area (Å²) in [6.45, 7) is 11.1. The molecule has 1 aromatic rings. The van der Waals surface area contributed by atoms with Crippen LogP contribution in [0.4, 0.5) is 4.79 Å². The van der Waals surface area contributed by atoms with Crippen LogP contribution in [0.2, 0.25) is 0 Å². The largest absolute Gasteiger partial charge is 0.338 e. The Morgan fingerprint density at radius 3 is 2.32 bits per heavy atom. The van der Waals surface area contributed by atoms with E-state index in [1.807, 2.05) is 4.90 Å². The molecule has 0 radical (unpaired) electrons. The number of benzene rings is 1. The van der Waals surface area contributed by atoms with Gasteiger partial charge in [-0.15, -0.1) is 0 Å². The molecular formula is C20H32N4O. The molecule has 0 spiro atoms. The highest BCUT2D eigenvalue weighted by molar-refractivity contribution is 5.74. The van der Waals surface area contributed by atoms with Gasteiger partial charge in [-0.3, -0.25) is 4.90 Å². The molecule has 2 amide bonds. The molecule has 0 saturated carbocycles. The Morgan fingerprint density at radius 2 is 1.68 bits per heavy atom. The first-order valence-corrected chi connectivity index (χ1v) is 9.76. The summed E-state index contributed by atoms with van der Waals surface area (Å²) < 4.78 is 0. The normalized spacial score (nSPS) is 20.6. The third kappa shape index (κ3) is 5.44. The molecule has 5 nitrogen and oxygen atoms in total. The van der Waals surface area contributed by atoms with Crippen molar-refractivity contribution >= 4 is 6.03 Å². The lowest BCUT2D eigenvalue weighted by Gasteiger charge is -2.35. The van der Waals surface area contributed by atoms with Crippen LogP contribution in [0.25, 0.3) is 0 Å². The van der Waals surface area contributed by atoms with Gasteiger partial charge in [-0.1, -0.05) is 37.3 Å². The van der Waals surface area contributed by atoms with Crippen LogP contribution in [0, 0.1) is 5.92 Å². The lowest BCUT2D eigenvalue weighted by Crippen LogP contribution is -2.52. The van der Waals surface area contributed by atoms with Crippen molar-refractivity contribution in [3.05, 3.63) is 35.9 Å². The second-order valence-corrected chi connectivity index (χ2v) is 7.31. The monoisotopic (exact) mass is 344 g/mol. The van der Waals surface area contributed by atoms with Crippen LogP contribution in [-0.4, -0.2) is 73.1 Å². The van der Waals surface area contributed by atoms with Gasteiger partial charge >= 0.3 is 6.03 Å². The third-order valence-corrected chi connectivity index (χ3v) is 5.60. The number of nitrogens with zero attached hydrogens (tertiary/aromatic N) is 3. The first kappa shape index (κ1) is 18.2. The van der Waals surface area contributed by atoms with Crippen molar-refractivity contribution in [2.24, 2.45) is 5.92 Å². The fraction of sp³-hybridized carbons (Fsp3) is 0.650. The van der Waals surface area contributed by atoms with Crippen LogP contribution in [0.15, 0.2) is 30.3 Å². The maximum absolute atomic E-state index is 12.3. The van der Waals surface area contributed by atoms with E-state index in [1.165, 1.54) is 18.4 Å². The van der Waals surface area contributed by atoms with Gasteiger partial charge in [0.2, 0.25) is 0 Å². The minimum absolute atomic E-state index is 0.127. The minimum Gasteiger partial charge on any atom is -0.338 e. The van der Waals surface area contributed by atoms with Gasteiger partial charge in [-0.05, 0) is 44.0 Å². The number of carbonyl (C=O) groups excluding carboxylic acids is 1. The highest BCUT2D eigenvalue weighted by Crippen LogP contribution is 2.18. The van der Waals surface area contributed by atoms with Gasteiger partial charge in [0.05, 0.1) is 0 Å². The number of likely N-dealkylation sites (N-methyl/N-ethyl adjacent to an activating group) is 1. The topological polar surface area (TPSA) is 38.8 Å². The van der Waals surface area contributed by atoms with E-state index in [4.69, 9.17) is 0 Å². The van der Waals surface area contributed by atoms with Gasteiger partial charge in [0.25, 0.3) is 0 Å². The lowest BCUT2D eigenvalue weighted by molar-refractivity contribution is 0.138. The van der Waals surface area contributed by atoms with Crippen LogP contribution in [-0.2, 0) is 6.54 Å². The smallest absolute Gasteiger partial charge is 0.317 e. The average molecular weight is 345 g/mol. The number of nitrogens with one attached hydrogen (secondary N) is 1. The zero-order valence-electron chi connectivity index (χ0n) is 15.5. The maximum atomic E-state index is 12.3. The summed E-state index contributed by atoms with van der Waals surface area (Å²) in [5.74, 6) is 0.618. The SMILES string of the molecule is CCN1CCN(C(=O)NCC2CCN(Cc3ccccc3)CC2)CC1. The Balaban J connectivity index is 1.33. The average Bonchev–Trinajstić information content (AvgIpc) is 2.68. The van der Waals surface area contributed by atoms with Gasteiger partial charge < -0.3 is 15.1 Å². The standard InChI is InChI=1S/C20H32N4O/c1-2-22-12-14-24(15-13-22)20(25)21-16-18-8-10-23(11-9-18)17-19-6-4-3-5-7-19/h3-7,18H,2,8-17H2,1H3,(H,21,25). The van der Waals surface area contributed by atoms with Crippen LogP contribution in [0.3, 0.4) is 0 Å². The van der Waals surface area contributed by atoms with Crippen LogP contribution >= 0.6 is 0 Å². The summed E-state index contributed by atoms with van der Waals surface area (Å²) in [5, 5.41) is 3.17. The molecule has 2 saturated heterocycles. The van der Waals surface area contributed by atoms with Crippen LogP contribution in [0.5, 0.6) is 0 Å². The summed E-state index contributed by atoms with van der Waals surface area (Å²) in [6, 6.07) is 10.8. The van der Waals surface area contributed by atoms with Crippen LogP contribution in [0.1, 0.15) is 25.3 Å². The zero-order valence-corrected chi connectivity index (χ0v) is 15.5. The molecule has 1 aromatic carbocycles. The second kappa shape index (κ2) is 9.20. The molecule has 5 heteroatoms. The molecule has 0 atom stereocenters. The fourth-order valence-corrected chi connectivity index (χ4v) is 3.80. The summed E-state index contributed by atoms with van der Waals surface area (Å²) in [4.78, 5) is 19.2. The molecule has 0 bridgehead atoms. The van der Waals surface area contributed by atoms with E-state index in [0.717, 1.165) is 58.9 Å². The van der Waals surface area contributed by atoms with Crippen LogP contribution < -0.4 is 5.32 Å². The molecule has 2 heterocycles. The lowest BCUT2D eigenvalue weighted by atomic mass is 9.96. The molecule has 0 aliphatic carbocycles. The quantitative estimate of drug-likeness (QED) is 0.890. The minimum atomic E-state index is 0.127. The number of hydrogen-bond acceptors (Lipinski definition) is 3. The van der Waals surface area contributed by atoms with Crippen molar-refractivity contribution in [3.63, 3.8) is 0 Å². The fourth-order valence-electron chi connectivity index (χ4n) is 3.80. The number of amides is 2. The van der Waals surface area contributed by atoms with Gasteiger partial charge in [0.15, 0.2) is 0 Å². The zero-order chi connectivity index (χ0) is 17.5. The second-order valence-electron chi connectivity index (χ2n) is 7.31. The number of urea groups is 1. The molecule has 1 N–H and O–H groups in total. The Labute approximate surface area is 152 Å². The van der Waals surface area contributed by atoms with E-state index in [2.05, 4.69) is 52.4 Å². The van der Waals surface area contributed by atoms with Crippen molar-refractivity contribution in [1.82, 2.24) is 20.0 Å². The molecule has 0 unspecified atom stereocenters. The van der Waals surface area contributed by atoms with Crippen molar-refractivity contribution < 1.29 is 4.79 Å². The molecule has 138 valence electrons. The molecular weight excluding hydrogens is 312 g/mol. The summed E-state index contributed by atoms with van der Waals surface area (Å²) in [7, 11) is 0. The summed E-state index contributed by atoms with van der Waals surface area (Å²) >= 11 is 0. The number of likely N-dealkylation sites (tertiary alicyclic amines) is 1. The Kier molecular flexibility index (Phi) is 6.70. The maximum Gasteiger partial charge on any atom is 0.317 e. The highest BCUT2D eigenvalue weighted by atomic mass is 16.2. The van der Waals surface area contributed by atoms with Gasteiger partial charge in [0.1, 0.15) is 0 Å². The van der Waals surface area contributed by atoms with E-state index < -0.39 is 0 Å². The van der Waals surface area contributed by atoms with E-state index >= 15 is 0 Å². The number of piperidine rings is 1. The first-order chi connectivity index (χ1) is 12.2.